The highest BCUT2D eigenvalue weighted by molar-refractivity contribution is 5.45. The summed E-state index contributed by atoms with van der Waals surface area (Å²) in [5, 5.41) is 9.12. The highest BCUT2D eigenvalue weighted by Crippen LogP contribution is 2.07. The molecule has 74 valence electrons. The van der Waals surface area contributed by atoms with Crippen LogP contribution in [0.25, 0.3) is 5.65 Å². The molecule has 0 amide bonds. The Bertz CT molecular complexity index is 512. The number of aromatic amines is 1. The molecule has 2 N–H and O–H groups in total. The number of fused-ring (bicyclic) bond motifs is 1. The topological polar surface area (TPSA) is 75.1 Å². The molecule has 0 fully saturated rings. The minimum atomic E-state index is -0.278. The van der Waals surface area contributed by atoms with Gasteiger partial charge in [0.15, 0.2) is 5.65 Å². The molecule has 0 radical (unpaired) electrons. The van der Waals surface area contributed by atoms with E-state index in [-0.39, 0.29) is 5.69 Å². The largest absolute Gasteiger partial charge is 0.358 e. The van der Waals surface area contributed by atoms with E-state index in [1.54, 1.807) is 13.1 Å². The minimum absolute atomic E-state index is 0.278. The fourth-order valence-corrected chi connectivity index (χ4v) is 1.33. The summed E-state index contributed by atoms with van der Waals surface area (Å²) in [5.41, 5.74) is 1.21. The van der Waals surface area contributed by atoms with Gasteiger partial charge in [0.05, 0.1) is 0 Å². The Morgan fingerprint density at radius 2 is 2.43 bits per heavy atom. The first-order valence-corrected chi connectivity index (χ1v) is 4.41. The van der Waals surface area contributed by atoms with E-state index < -0.39 is 0 Å². The maximum atomic E-state index is 11.3. The zero-order valence-electron chi connectivity index (χ0n) is 8.03. The highest BCUT2D eigenvalue weighted by atomic mass is 16.1. The summed E-state index contributed by atoms with van der Waals surface area (Å²) in [5.74, 6) is 0.512. The van der Waals surface area contributed by atoms with E-state index in [4.69, 9.17) is 0 Å². The van der Waals surface area contributed by atoms with Gasteiger partial charge in [0.1, 0.15) is 0 Å². The van der Waals surface area contributed by atoms with E-state index in [0.717, 1.165) is 12.1 Å². The zero-order chi connectivity index (χ0) is 10.1. The molecule has 0 atom stereocenters. The van der Waals surface area contributed by atoms with Crippen molar-refractivity contribution < 1.29 is 0 Å². The molecule has 2 rings (SSSR count). The number of nitrogens with one attached hydrogen (secondary N) is 2. The van der Waals surface area contributed by atoms with Gasteiger partial charge in [0.25, 0.3) is 0 Å². The Labute approximate surface area is 80.0 Å². The molecule has 0 aliphatic heterocycles. The Hall–Kier alpha value is -1.85. The van der Waals surface area contributed by atoms with Gasteiger partial charge in [-0.25, -0.2) is 19.3 Å². The van der Waals surface area contributed by atoms with Gasteiger partial charge in [0, 0.05) is 18.8 Å². The van der Waals surface area contributed by atoms with Crippen LogP contribution in [0.5, 0.6) is 0 Å². The van der Waals surface area contributed by atoms with Crippen LogP contribution in [0.15, 0.2) is 10.9 Å². The first-order valence-electron chi connectivity index (χ1n) is 4.41. The van der Waals surface area contributed by atoms with Crippen molar-refractivity contribution >= 4 is 11.6 Å². The van der Waals surface area contributed by atoms with Crippen LogP contribution in [0, 0.1) is 0 Å². The van der Waals surface area contributed by atoms with Crippen molar-refractivity contribution in [1.82, 2.24) is 19.6 Å². The van der Waals surface area contributed by atoms with E-state index >= 15 is 0 Å². The van der Waals surface area contributed by atoms with Crippen LogP contribution >= 0.6 is 0 Å². The molecule has 6 nitrogen and oxygen atoms in total. The van der Waals surface area contributed by atoms with Crippen LogP contribution in [-0.2, 0) is 6.42 Å². The molecule has 2 aromatic heterocycles. The number of rotatable bonds is 2. The fourth-order valence-electron chi connectivity index (χ4n) is 1.33. The zero-order valence-corrected chi connectivity index (χ0v) is 8.03. The van der Waals surface area contributed by atoms with E-state index in [1.165, 1.54) is 4.40 Å². The average Bonchev–Trinajstić information content (AvgIpc) is 2.59. The summed E-state index contributed by atoms with van der Waals surface area (Å²) in [6, 6.07) is 1.79. The van der Waals surface area contributed by atoms with E-state index in [2.05, 4.69) is 20.5 Å². The number of hydrogen-bond acceptors (Lipinski definition) is 4. The van der Waals surface area contributed by atoms with Crippen molar-refractivity contribution in [2.24, 2.45) is 0 Å². The summed E-state index contributed by atoms with van der Waals surface area (Å²) < 4.78 is 1.40. The van der Waals surface area contributed by atoms with Crippen LogP contribution in [0.4, 0.5) is 5.95 Å². The van der Waals surface area contributed by atoms with E-state index in [9.17, 15) is 4.79 Å². The smallest absolute Gasteiger partial charge is 0.350 e. The predicted molar refractivity (Wildman–Crippen MR) is 52.5 cm³/mol. The number of nitrogens with zero attached hydrogens (tertiary/aromatic N) is 3. The lowest BCUT2D eigenvalue weighted by atomic mass is 10.3. The van der Waals surface area contributed by atoms with Gasteiger partial charge in [-0.15, -0.1) is 0 Å². The molecule has 0 spiro atoms. The van der Waals surface area contributed by atoms with Gasteiger partial charge in [0.2, 0.25) is 5.95 Å². The monoisotopic (exact) mass is 193 g/mol. The Balaban J connectivity index is 2.82. The lowest BCUT2D eigenvalue weighted by Crippen LogP contribution is -2.15. The quantitative estimate of drug-likeness (QED) is 0.705. The van der Waals surface area contributed by atoms with Crippen molar-refractivity contribution in [3.8, 4) is 0 Å². The summed E-state index contributed by atoms with van der Waals surface area (Å²) in [6.45, 7) is 2.00. The van der Waals surface area contributed by atoms with Gasteiger partial charge in [-0.3, -0.25) is 0 Å². The lowest BCUT2D eigenvalue weighted by molar-refractivity contribution is 0.956. The molecule has 0 aliphatic rings. The van der Waals surface area contributed by atoms with Gasteiger partial charge in [-0.2, -0.15) is 5.10 Å². The van der Waals surface area contributed by atoms with Crippen molar-refractivity contribution in [3.63, 3.8) is 0 Å². The highest BCUT2D eigenvalue weighted by Gasteiger charge is 2.07. The lowest BCUT2D eigenvalue weighted by Gasteiger charge is -2.03. The molecule has 0 saturated carbocycles. The van der Waals surface area contributed by atoms with Gasteiger partial charge in [-0.05, 0) is 6.42 Å². The molecule has 2 heterocycles. The molecular weight excluding hydrogens is 182 g/mol. The number of aryl methyl sites for hydroxylation is 1. The van der Waals surface area contributed by atoms with E-state index in [0.29, 0.717) is 11.6 Å². The molecule has 0 saturated heterocycles. The normalized spacial score (nSPS) is 10.7. The summed E-state index contributed by atoms with van der Waals surface area (Å²) in [4.78, 5) is 15.6. The summed E-state index contributed by atoms with van der Waals surface area (Å²) in [6.07, 6.45) is 0.812. The second kappa shape index (κ2) is 3.13. The second-order valence-electron chi connectivity index (χ2n) is 2.90. The molecule has 0 bridgehead atoms. The van der Waals surface area contributed by atoms with E-state index in [1.807, 2.05) is 6.92 Å². The standard InChI is InChI=1S/C8H11N5O/c1-3-5-4-6-11-12-8(14)13(6)7(9-2)10-5/h4H,3H2,1-2H3,(H,9,10)(H,12,14). The first kappa shape index (κ1) is 8.74. The third kappa shape index (κ3) is 1.15. The van der Waals surface area contributed by atoms with Crippen molar-refractivity contribution in [2.75, 3.05) is 12.4 Å². The molecule has 0 aromatic carbocycles. The number of aromatic nitrogens is 4. The summed E-state index contributed by atoms with van der Waals surface area (Å²) >= 11 is 0. The number of hydrogen-bond donors (Lipinski definition) is 2. The molecule has 0 unspecified atom stereocenters. The molecule has 0 aliphatic carbocycles. The SMILES string of the molecule is CCc1cc2n[nH]c(=O)n2c(NC)n1. The average molecular weight is 193 g/mol. The third-order valence-electron chi connectivity index (χ3n) is 2.04. The maximum Gasteiger partial charge on any atom is 0.350 e. The van der Waals surface area contributed by atoms with Crippen molar-refractivity contribution in [1.29, 1.82) is 0 Å². The van der Waals surface area contributed by atoms with Crippen molar-refractivity contribution in [2.45, 2.75) is 13.3 Å². The van der Waals surface area contributed by atoms with Gasteiger partial charge >= 0.3 is 5.69 Å². The Kier molecular flexibility index (Phi) is 1.95. The first-order chi connectivity index (χ1) is 6.76. The predicted octanol–water partition coefficient (Wildman–Crippen LogP) is 0.0217. The second-order valence-corrected chi connectivity index (χ2v) is 2.90. The van der Waals surface area contributed by atoms with Crippen LogP contribution in [0.2, 0.25) is 0 Å². The fraction of sp³-hybridized carbons (Fsp3) is 0.375. The van der Waals surface area contributed by atoms with Crippen molar-refractivity contribution in [3.05, 3.63) is 22.2 Å². The Morgan fingerprint density at radius 1 is 1.64 bits per heavy atom. The molecule has 2 aromatic rings. The van der Waals surface area contributed by atoms with Gasteiger partial charge < -0.3 is 5.32 Å². The molecule has 6 heteroatoms. The maximum absolute atomic E-state index is 11.3. The van der Waals surface area contributed by atoms with Crippen LogP contribution in [-0.4, -0.2) is 26.6 Å². The number of anilines is 1. The van der Waals surface area contributed by atoms with Crippen LogP contribution < -0.4 is 11.0 Å². The van der Waals surface area contributed by atoms with Crippen LogP contribution in [0.1, 0.15) is 12.6 Å². The minimum Gasteiger partial charge on any atom is -0.358 e. The van der Waals surface area contributed by atoms with Gasteiger partial charge in [-0.1, -0.05) is 6.92 Å². The Morgan fingerprint density at radius 3 is 3.07 bits per heavy atom. The number of H-pyrrole nitrogens is 1. The molecule has 14 heavy (non-hydrogen) atoms. The third-order valence-corrected chi connectivity index (χ3v) is 2.04. The molecular formula is C8H11N5O. The van der Waals surface area contributed by atoms with Crippen LogP contribution in [0.3, 0.4) is 0 Å². The summed E-state index contributed by atoms with van der Waals surface area (Å²) in [7, 11) is 1.72.